The van der Waals surface area contributed by atoms with E-state index in [0.717, 1.165) is 30.3 Å². The van der Waals surface area contributed by atoms with Gasteiger partial charge in [-0.25, -0.2) is 4.98 Å². The van der Waals surface area contributed by atoms with E-state index in [-0.39, 0.29) is 11.7 Å². The summed E-state index contributed by atoms with van der Waals surface area (Å²) in [6.07, 6.45) is 3.03. The van der Waals surface area contributed by atoms with E-state index in [0.29, 0.717) is 21.4 Å². The number of rotatable bonds is 4. The molecule has 4 rings (SSSR count). The standard InChI is InChI=1S/C17H13N3O2S2/c18-8-11-10-4-3-7-14(10)24-16(11)20-15(21)9-23-17-19-12-5-1-2-6-13(12)22-17/h1-2,5-6H,3-4,7,9H2,(H,20,21). The fraction of sp³-hybridized carbons (Fsp3) is 0.235. The molecule has 1 amide bonds. The van der Waals surface area contributed by atoms with Crippen molar-refractivity contribution in [1.29, 1.82) is 5.26 Å². The van der Waals surface area contributed by atoms with Crippen molar-refractivity contribution in [2.24, 2.45) is 0 Å². The zero-order chi connectivity index (χ0) is 16.5. The van der Waals surface area contributed by atoms with Crippen LogP contribution < -0.4 is 5.32 Å². The van der Waals surface area contributed by atoms with Crippen molar-refractivity contribution in [3.63, 3.8) is 0 Å². The number of anilines is 1. The number of aromatic nitrogens is 1. The van der Waals surface area contributed by atoms with Gasteiger partial charge in [-0.05, 0) is 37.0 Å². The number of fused-ring (bicyclic) bond motifs is 2. The number of aryl methyl sites for hydroxylation is 1. The van der Waals surface area contributed by atoms with Crippen LogP contribution in [0.3, 0.4) is 0 Å². The summed E-state index contributed by atoms with van der Waals surface area (Å²) >= 11 is 2.77. The fourth-order valence-corrected chi connectivity index (χ4v) is 4.71. The molecule has 2 heterocycles. The fourth-order valence-electron chi connectivity index (χ4n) is 2.81. The molecule has 120 valence electrons. The average molecular weight is 355 g/mol. The Morgan fingerprint density at radius 2 is 2.29 bits per heavy atom. The lowest BCUT2D eigenvalue weighted by molar-refractivity contribution is -0.113. The maximum Gasteiger partial charge on any atom is 0.257 e. The lowest BCUT2D eigenvalue weighted by Crippen LogP contribution is -2.14. The highest BCUT2D eigenvalue weighted by molar-refractivity contribution is 7.99. The van der Waals surface area contributed by atoms with Crippen molar-refractivity contribution in [2.45, 2.75) is 24.5 Å². The van der Waals surface area contributed by atoms with E-state index in [1.54, 1.807) is 0 Å². The molecule has 2 aromatic heterocycles. The second-order valence-electron chi connectivity index (χ2n) is 5.46. The molecule has 1 N–H and O–H groups in total. The summed E-state index contributed by atoms with van der Waals surface area (Å²) in [4.78, 5) is 17.8. The van der Waals surface area contributed by atoms with Gasteiger partial charge in [0.25, 0.3) is 5.22 Å². The smallest absolute Gasteiger partial charge is 0.257 e. The van der Waals surface area contributed by atoms with Crippen LogP contribution in [0.1, 0.15) is 22.4 Å². The van der Waals surface area contributed by atoms with E-state index in [1.165, 1.54) is 28.0 Å². The van der Waals surface area contributed by atoms with E-state index in [2.05, 4.69) is 16.4 Å². The Morgan fingerprint density at radius 3 is 3.12 bits per heavy atom. The highest BCUT2D eigenvalue weighted by atomic mass is 32.2. The van der Waals surface area contributed by atoms with Crippen LogP contribution in [0.5, 0.6) is 0 Å². The number of thiophene rings is 1. The van der Waals surface area contributed by atoms with E-state index < -0.39 is 0 Å². The molecule has 0 saturated heterocycles. The minimum absolute atomic E-state index is 0.154. The number of benzene rings is 1. The summed E-state index contributed by atoms with van der Waals surface area (Å²) in [5.41, 5.74) is 3.24. The number of amides is 1. The largest absolute Gasteiger partial charge is 0.431 e. The van der Waals surface area contributed by atoms with Crippen LogP contribution in [0.2, 0.25) is 0 Å². The molecule has 0 radical (unpaired) electrons. The van der Waals surface area contributed by atoms with Crippen molar-refractivity contribution < 1.29 is 9.21 Å². The normalized spacial score (nSPS) is 13.0. The number of nitriles is 1. The maximum absolute atomic E-state index is 12.2. The third-order valence-corrected chi connectivity index (χ3v) is 5.92. The Hall–Kier alpha value is -2.30. The zero-order valence-corrected chi connectivity index (χ0v) is 14.3. The summed E-state index contributed by atoms with van der Waals surface area (Å²) in [6, 6.07) is 9.72. The second kappa shape index (κ2) is 6.30. The molecule has 0 spiro atoms. The summed E-state index contributed by atoms with van der Waals surface area (Å²) in [6.45, 7) is 0. The van der Waals surface area contributed by atoms with Crippen molar-refractivity contribution in [3.8, 4) is 6.07 Å². The van der Waals surface area contributed by atoms with Crippen molar-refractivity contribution >= 4 is 45.1 Å². The first-order valence-electron chi connectivity index (χ1n) is 7.57. The highest BCUT2D eigenvalue weighted by Gasteiger charge is 2.23. The van der Waals surface area contributed by atoms with Crippen LogP contribution in [0.4, 0.5) is 5.00 Å². The Labute approximate surface area is 146 Å². The number of hydrogen-bond donors (Lipinski definition) is 1. The van der Waals surface area contributed by atoms with Gasteiger partial charge in [0.2, 0.25) is 5.91 Å². The summed E-state index contributed by atoms with van der Waals surface area (Å²) < 4.78 is 5.59. The van der Waals surface area contributed by atoms with Crippen LogP contribution in [-0.2, 0) is 17.6 Å². The van der Waals surface area contributed by atoms with Crippen LogP contribution in [0.15, 0.2) is 33.9 Å². The van der Waals surface area contributed by atoms with Gasteiger partial charge in [0.05, 0.1) is 11.3 Å². The third kappa shape index (κ3) is 2.79. The first kappa shape index (κ1) is 15.2. The number of thioether (sulfide) groups is 1. The van der Waals surface area contributed by atoms with Crippen LogP contribution >= 0.6 is 23.1 Å². The quantitative estimate of drug-likeness (QED) is 0.716. The van der Waals surface area contributed by atoms with Gasteiger partial charge in [-0.3, -0.25) is 4.79 Å². The number of para-hydroxylation sites is 2. The molecule has 0 aliphatic heterocycles. The van der Waals surface area contributed by atoms with E-state index in [1.807, 2.05) is 24.3 Å². The van der Waals surface area contributed by atoms with Gasteiger partial charge >= 0.3 is 0 Å². The van der Waals surface area contributed by atoms with Gasteiger partial charge in [0.15, 0.2) is 5.58 Å². The van der Waals surface area contributed by atoms with E-state index in [4.69, 9.17) is 4.42 Å². The Balaban J connectivity index is 1.43. The minimum Gasteiger partial charge on any atom is -0.431 e. The Bertz CT molecular complexity index is 935. The zero-order valence-electron chi connectivity index (χ0n) is 12.7. The molecule has 5 nitrogen and oxygen atoms in total. The van der Waals surface area contributed by atoms with Crippen LogP contribution in [-0.4, -0.2) is 16.6 Å². The predicted octanol–water partition coefficient (Wildman–Crippen LogP) is 3.98. The summed E-state index contributed by atoms with van der Waals surface area (Å²) in [7, 11) is 0. The lowest BCUT2D eigenvalue weighted by atomic mass is 10.1. The number of hydrogen-bond acceptors (Lipinski definition) is 6. The average Bonchev–Trinajstić information content (AvgIpc) is 3.26. The molecule has 7 heteroatoms. The molecule has 1 aliphatic rings. The van der Waals surface area contributed by atoms with Crippen molar-refractivity contribution in [3.05, 3.63) is 40.3 Å². The molecule has 1 aliphatic carbocycles. The molecule has 0 bridgehead atoms. The summed E-state index contributed by atoms with van der Waals surface area (Å²) in [5, 5.41) is 13.4. The minimum atomic E-state index is -0.154. The molecule has 0 atom stereocenters. The number of carbonyl (C=O) groups is 1. The molecular weight excluding hydrogens is 342 g/mol. The van der Waals surface area contributed by atoms with Crippen LogP contribution in [0.25, 0.3) is 11.1 Å². The molecule has 0 saturated carbocycles. The van der Waals surface area contributed by atoms with Gasteiger partial charge in [-0.2, -0.15) is 5.26 Å². The molecule has 3 aromatic rings. The molecule has 24 heavy (non-hydrogen) atoms. The number of oxazole rings is 1. The van der Waals surface area contributed by atoms with Gasteiger partial charge in [-0.15, -0.1) is 11.3 Å². The van der Waals surface area contributed by atoms with Gasteiger partial charge < -0.3 is 9.73 Å². The molecule has 0 unspecified atom stereocenters. The van der Waals surface area contributed by atoms with E-state index in [9.17, 15) is 10.1 Å². The van der Waals surface area contributed by atoms with Crippen LogP contribution in [0, 0.1) is 11.3 Å². The maximum atomic E-state index is 12.2. The Morgan fingerprint density at radius 1 is 1.42 bits per heavy atom. The molecule has 0 fully saturated rings. The van der Waals surface area contributed by atoms with Gasteiger partial charge in [0, 0.05) is 4.88 Å². The third-order valence-electron chi connectivity index (χ3n) is 3.89. The number of nitrogens with one attached hydrogen (secondary N) is 1. The van der Waals surface area contributed by atoms with E-state index >= 15 is 0 Å². The van der Waals surface area contributed by atoms with Crippen molar-refractivity contribution in [2.75, 3.05) is 11.1 Å². The summed E-state index contributed by atoms with van der Waals surface area (Å²) in [5.74, 6) is 0.0407. The monoisotopic (exact) mass is 355 g/mol. The topological polar surface area (TPSA) is 78.9 Å². The number of carbonyl (C=O) groups excluding carboxylic acids is 1. The second-order valence-corrected chi connectivity index (χ2v) is 7.49. The lowest BCUT2D eigenvalue weighted by Gasteiger charge is -2.02. The SMILES string of the molecule is N#Cc1c(NC(=O)CSc2nc3ccccc3o2)sc2c1CCC2. The molecular formula is C17H13N3O2S2. The molecule has 1 aromatic carbocycles. The highest BCUT2D eigenvalue weighted by Crippen LogP contribution is 2.38. The van der Waals surface area contributed by atoms with Crippen molar-refractivity contribution in [1.82, 2.24) is 4.98 Å². The first-order chi connectivity index (χ1) is 11.7. The first-order valence-corrected chi connectivity index (χ1v) is 9.37. The number of nitrogens with zero attached hydrogens (tertiary/aromatic N) is 2. The van der Waals surface area contributed by atoms with Gasteiger partial charge in [0.1, 0.15) is 16.6 Å². The predicted molar refractivity (Wildman–Crippen MR) is 94.4 cm³/mol. The Kier molecular flexibility index (Phi) is 4.00. The van der Waals surface area contributed by atoms with Gasteiger partial charge in [-0.1, -0.05) is 23.9 Å².